The van der Waals surface area contributed by atoms with E-state index in [9.17, 15) is 14.7 Å². The van der Waals surface area contributed by atoms with E-state index in [1.54, 1.807) is 14.2 Å². The first-order valence-corrected chi connectivity index (χ1v) is 15.6. The molecule has 7 nitrogen and oxygen atoms in total. The Morgan fingerprint density at radius 2 is 1.15 bits per heavy atom. The number of amides is 1. The zero-order chi connectivity index (χ0) is 32.8. The Balaban J connectivity index is 1.26. The summed E-state index contributed by atoms with van der Waals surface area (Å²) in [5, 5.41) is 13.0. The van der Waals surface area contributed by atoms with Crippen LogP contribution in [0.1, 0.15) is 46.6 Å². The average Bonchev–Trinajstić information content (AvgIpc) is 3.44. The number of nitrogens with one attached hydrogen (secondary N) is 1. The molecule has 0 saturated heterocycles. The highest BCUT2D eigenvalue weighted by Gasteiger charge is 2.38. The van der Waals surface area contributed by atoms with Crippen molar-refractivity contribution in [1.82, 2.24) is 5.32 Å². The summed E-state index contributed by atoms with van der Waals surface area (Å²) in [4.78, 5) is 25.8. The van der Waals surface area contributed by atoms with Crippen LogP contribution < -0.4 is 14.8 Å². The number of hydrogen-bond acceptors (Lipinski definition) is 5. The van der Waals surface area contributed by atoms with Crippen molar-refractivity contribution in [2.24, 2.45) is 0 Å². The number of methoxy groups -OCH3 is 2. The number of benzene rings is 5. The quantitative estimate of drug-likeness (QED) is 0.137. The van der Waals surface area contributed by atoms with Gasteiger partial charge in [0.25, 0.3) is 0 Å². The molecule has 0 bridgehead atoms. The van der Waals surface area contributed by atoms with Crippen molar-refractivity contribution >= 4 is 12.1 Å². The lowest BCUT2D eigenvalue weighted by atomic mass is 9.66. The van der Waals surface area contributed by atoms with Crippen LogP contribution in [0.3, 0.4) is 0 Å². The van der Waals surface area contributed by atoms with Gasteiger partial charge in [0.05, 0.1) is 14.2 Å². The van der Waals surface area contributed by atoms with Crippen LogP contribution in [0, 0.1) is 0 Å². The summed E-state index contributed by atoms with van der Waals surface area (Å²) in [6.07, 6.45) is -0.263. The zero-order valence-corrected chi connectivity index (χ0v) is 26.4. The molecule has 1 aliphatic carbocycles. The summed E-state index contributed by atoms with van der Waals surface area (Å²) >= 11 is 0. The minimum Gasteiger partial charge on any atom is -0.497 e. The van der Waals surface area contributed by atoms with Gasteiger partial charge in [0.15, 0.2) is 0 Å². The van der Waals surface area contributed by atoms with Crippen molar-refractivity contribution in [3.8, 4) is 22.6 Å². The van der Waals surface area contributed by atoms with Gasteiger partial charge in [-0.15, -0.1) is 0 Å². The molecule has 0 aliphatic heterocycles. The first kappa shape index (κ1) is 31.4. The van der Waals surface area contributed by atoms with Crippen LogP contribution in [0.2, 0.25) is 0 Å². The van der Waals surface area contributed by atoms with Crippen molar-refractivity contribution in [1.29, 1.82) is 0 Å². The van der Waals surface area contributed by atoms with Gasteiger partial charge in [-0.1, -0.05) is 103 Å². The molecule has 1 aliphatic rings. The third-order valence-corrected chi connectivity index (χ3v) is 9.17. The molecular formula is C40H37NO6. The number of alkyl carbamates (subject to hydrolysis) is 1. The second kappa shape index (κ2) is 13.8. The number of carbonyl (C=O) groups is 2. The van der Waals surface area contributed by atoms with Crippen LogP contribution in [-0.2, 0) is 14.9 Å². The Kier molecular flexibility index (Phi) is 9.25. The molecule has 1 unspecified atom stereocenters. The van der Waals surface area contributed by atoms with Crippen molar-refractivity contribution < 1.29 is 28.9 Å². The Bertz CT molecular complexity index is 1740. The molecule has 0 radical (unpaired) electrons. The molecule has 7 heteroatoms. The van der Waals surface area contributed by atoms with Gasteiger partial charge in [0.2, 0.25) is 0 Å². The van der Waals surface area contributed by atoms with Crippen LogP contribution in [0.25, 0.3) is 11.1 Å². The molecule has 0 spiro atoms. The van der Waals surface area contributed by atoms with E-state index in [0.29, 0.717) is 17.9 Å². The van der Waals surface area contributed by atoms with E-state index in [4.69, 9.17) is 14.2 Å². The molecule has 0 aromatic heterocycles. The molecule has 1 amide bonds. The van der Waals surface area contributed by atoms with Gasteiger partial charge in [-0.3, -0.25) is 0 Å². The van der Waals surface area contributed by atoms with Gasteiger partial charge < -0.3 is 24.6 Å². The average molecular weight is 628 g/mol. The summed E-state index contributed by atoms with van der Waals surface area (Å²) in [5.74, 6) is 0.161. The van der Waals surface area contributed by atoms with Crippen LogP contribution >= 0.6 is 0 Å². The van der Waals surface area contributed by atoms with Gasteiger partial charge in [0, 0.05) is 11.3 Å². The van der Waals surface area contributed by atoms with E-state index >= 15 is 0 Å². The highest BCUT2D eigenvalue weighted by atomic mass is 16.5. The van der Waals surface area contributed by atoms with Gasteiger partial charge in [-0.05, 0) is 76.1 Å². The second-order valence-corrected chi connectivity index (χ2v) is 11.6. The van der Waals surface area contributed by atoms with Gasteiger partial charge >= 0.3 is 12.1 Å². The molecule has 6 rings (SSSR count). The maximum Gasteiger partial charge on any atom is 0.407 e. The monoisotopic (exact) mass is 627 g/mol. The van der Waals surface area contributed by atoms with E-state index in [2.05, 4.69) is 17.4 Å². The van der Waals surface area contributed by atoms with Crippen molar-refractivity contribution in [3.63, 3.8) is 0 Å². The van der Waals surface area contributed by atoms with Gasteiger partial charge in [-0.2, -0.15) is 0 Å². The van der Waals surface area contributed by atoms with Crippen LogP contribution in [0.4, 0.5) is 4.79 Å². The molecule has 2 N–H and O–H groups in total. The molecule has 5 aromatic rings. The number of ether oxygens (including phenoxy) is 3. The Morgan fingerprint density at radius 1 is 0.681 bits per heavy atom. The third kappa shape index (κ3) is 6.29. The topological polar surface area (TPSA) is 94.1 Å². The third-order valence-electron chi connectivity index (χ3n) is 9.17. The summed E-state index contributed by atoms with van der Waals surface area (Å²) in [7, 11) is 3.24. The second-order valence-electron chi connectivity index (χ2n) is 11.6. The maximum atomic E-state index is 13.2. The number of carbonyl (C=O) groups excluding carboxylic acids is 1. The molecular weight excluding hydrogens is 590 g/mol. The Morgan fingerprint density at radius 3 is 1.64 bits per heavy atom. The van der Waals surface area contributed by atoms with Crippen molar-refractivity contribution in [3.05, 3.63) is 155 Å². The number of rotatable bonds is 12. The first-order chi connectivity index (χ1) is 22.9. The number of aliphatic carboxylic acids is 1. The van der Waals surface area contributed by atoms with Crippen LogP contribution in [0.5, 0.6) is 11.5 Å². The molecule has 5 aromatic carbocycles. The standard InChI is InChI=1S/C40H37NO6/c1-45-30-20-16-28(17-21-30)40(27-10-4-3-5-11-27,29-18-22-31(46-2)23-19-29)25-24-37(38(42)43)41-39(44)47-26-36-34-14-8-6-12-32(34)33-13-7-9-15-35(33)36/h3-23,36-37H,24-26H2,1-2H3,(H,41,44)(H,42,43). The van der Waals surface area contributed by atoms with E-state index in [0.717, 1.165) is 38.9 Å². The molecule has 47 heavy (non-hydrogen) atoms. The zero-order valence-electron chi connectivity index (χ0n) is 26.4. The number of carboxylic acids is 1. The predicted octanol–water partition coefficient (Wildman–Crippen LogP) is 7.81. The minimum atomic E-state index is -1.19. The summed E-state index contributed by atoms with van der Waals surface area (Å²) < 4.78 is 16.6. The summed E-state index contributed by atoms with van der Waals surface area (Å²) in [6, 6.07) is 40.6. The lowest BCUT2D eigenvalue weighted by Crippen LogP contribution is -2.43. The summed E-state index contributed by atoms with van der Waals surface area (Å²) in [6.45, 7) is 0.0951. The molecule has 0 fully saturated rings. The molecule has 1 atom stereocenters. The van der Waals surface area contributed by atoms with Crippen molar-refractivity contribution in [2.75, 3.05) is 20.8 Å². The largest absolute Gasteiger partial charge is 0.497 e. The SMILES string of the molecule is COc1ccc(C(CCC(NC(=O)OCC2c3ccccc3-c3ccccc32)C(=O)O)(c2ccccc2)c2ccc(OC)cc2)cc1. The highest BCUT2D eigenvalue weighted by molar-refractivity contribution is 5.81. The van der Waals surface area contributed by atoms with E-state index in [-0.39, 0.29) is 18.9 Å². The minimum absolute atomic E-state index is 0.0951. The molecule has 0 saturated carbocycles. The van der Waals surface area contributed by atoms with E-state index in [1.807, 2.05) is 115 Å². The number of carboxylic acid groups (broad SMARTS) is 1. The maximum absolute atomic E-state index is 13.2. The normalized spacial score (nSPS) is 12.8. The van der Waals surface area contributed by atoms with Crippen LogP contribution in [-0.4, -0.2) is 44.0 Å². The lowest BCUT2D eigenvalue weighted by molar-refractivity contribution is -0.139. The van der Waals surface area contributed by atoms with Gasteiger partial charge in [-0.25, -0.2) is 9.59 Å². The lowest BCUT2D eigenvalue weighted by Gasteiger charge is -2.37. The van der Waals surface area contributed by atoms with E-state index in [1.165, 1.54) is 0 Å². The molecule has 238 valence electrons. The number of hydrogen-bond donors (Lipinski definition) is 2. The van der Waals surface area contributed by atoms with E-state index < -0.39 is 23.5 Å². The fourth-order valence-electron chi connectivity index (χ4n) is 6.81. The Hall–Kier alpha value is -5.56. The van der Waals surface area contributed by atoms with Crippen molar-refractivity contribution in [2.45, 2.75) is 30.2 Å². The molecule has 0 heterocycles. The fourth-order valence-corrected chi connectivity index (χ4v) is 6.81. The van der Waals surface area contributed by atoms with Gasteiger partial charge in [0.1, 0.15) is 24.1 Å². The first-order valence-electron chi connectivity index (χ1n) is 15.6. The van der Waals surface area contributed by atoms with Crippen LogP contribution in [0.15, 0.2) is 127 Å². The number of fused-ring (bicyclic) bond motifs is 3. The smallest absolute Gasteiger partial charge is 0.407 e. The summed E-state index contributed by atoms with van der Waals surface area (Å²) in [5.41, 5.74) is 6.56. The highest BCUT2D eigenvalue weighted by Crippen LogP contribution is 2.46. The predicted molar refractivity (Wildman–Crippen MR) is 181 cm³/mol. The fraction of sp³-hybridized carbons (Fsp3) is 0.200. The Labute approximate surface area is 274 Å².